The minimum atomic E-state index is -0.172. The normalized spacial score (nSPS) is 33.9. The zero-order valence-electron chi connectivity index (χ0n) is 10.5. The van der Waals surface area contributed by atoms with Gasteiger partial charge >= 0.3 is 0 Å². The molecule has 0 aromatic carbocycles. The highest BCUT2D eigenvalue weighted by Gasteiger charge is 2.37. The Balaban J connectivity index is 1.69. The molecule has 3 rings (SSSR count). The predicted molar refractivity (Wildman–Crippen MR) is 64.9 cm³/mol. The highest BCUT2D eigenvalue weighted by atomic mass is 16.5. The number of aliphatic hydroxyl groups is 1. The summed E-state index contributed by atoms with van der Waals surface area (Å²) >= 11 is 0. The number of rotatable bonds is 3. The minimum absolute atomic E-state index is 0.172. The van der Waals surface area contributed by atoms with E-state index in [2.05, 4.69) is 10.1 Å². The maximum absolute atomic E-state index is 10.1. The summed E-state index contributed by atoms with van der Waals surface area (Å²) in [4.78, 5) is 2.36. The standard InChI is InChI=1S/C13H20N2O3/c16-13-3-1-2-11(13)12-9-17-7-6-15(12)8-10-4-5-14-18-10/h4-5,11-13,16H,1-3,6-9H2/t11-,12-,13-/m1/s1. The Bertz CT molecular complexity index is 368. The number of hydrogen-bond donors (Lipinski definition) is 1. The van der Waals surface area contributed by atoms with E-state index in [4.69, 9.17) is 9.26 Å². The summed E-state index contributed by atoms with van der Waals surface area (Å²) in [6.07, 6.45) is 4.65. The molecule has 5 heteroatoms. The van der Waals surface area contributed by atoms with Gasteiger partial charge in [0.25, 0.3) is 0 Å². The van der Waals surface area contributed by atoms with Crippen LogP contribution in [0.4, 0.5) is 0 Å². The molecule has 1 saturated carbocycles. The van der Waals surface area contributed by atoms with Crippen LogP contribution >= 0.6 is 0 Å². The molecule has 0 unspecified atom stereocenters. The van der Waals surface area contributed by atoms with Crippen molar-refractivity contribution in [1.82, 2.24) is 10.1 Å². The highest BCUT2D eigenvalue weighted by molar-refractivity contribution is 4.96. The van der Waals surface area contributed by atoms with Gasteiger partial charge in [0.2, 0.25) is 0 Å². The number of hydrogen-bond acceptors (Lipinski definition) is 5. The largest absolute Gasteiger partial charge is 0.393 e. The van der Waals surface area contributed by atoms with Crippen LogP contribution in [0.2, 0.25) is 0 Å². The number of nitrogens with zero attached hydrogens (tertiary/aromatic N) is 2. The number of morpholine rings is 1. The Morgan fingerprint density at radius 3 is 3.11 bits per heavy atom. The summed E-state index contributed by atoms with van der Waals surface area (Å²) in [7, 11) is 0. The van der Waals surface area contributed by atoms with Gasteiger partial charge in [-0.05, 0) is 12.8 Å². The lowest BCUT2D eigenvalue weighted by atomic mass is 9.94. The number of aliphatic hydroxyl groups excluding tert-OH is 1. The fraction of sp³-hybridized carbons (Fsp3) is 0.769. The van der Waals surface area contributed by atoms with Gasteiger partial charge in [-0.3, -0.25) is 4.90 Å². The van der Waals surface area contributed by atoms with Crippen molar-refractivity contribution < 1.29 is 14.4 Å². The first kappa shape index (κ1) is 12.1. The SMILES string of the molecule is O[C@@H]1CCC[C@@H]1[C@H]1COCCN1Cc1ccno1. The van der Waals surface area contributed by atoms with Crippen molar-refractivity contribution in [2.45, 2.75) is 38.0 Å². The van der Waals surface area contributed by atoms with Gasteiger partial charge in [0, 0.05) is 24.6 Å². The van der Waals surface area contributed by atoms with Crippen LogP contribution in [0.1, 0.15) is 25.0 Å². The van der Waals surface area contributed by atoms with Gasteiger partial charge in [-0.15, -0.1) is 0 Å². The van der Waals surface area contributed by atoms with Crippen molar-refractivity contribution in [3.8, 4) is 0 Å². The number of ether oxygens (including phenoxy) is 1. The summed E-state index contributed by atoms with van der Waals surface area (Å²) in [5.74, 6) is 1.22. The summed E-state index contributed by atoms with van der Waals surface area (Å²) < 4.78 is 10.8. The van der Waals surface area contributed by atoms with Gasteiger partial charge in [0.05, 0.1) is 32.1 Å². The lowest BCUT2D eigenvalue weighted by Crippen LogP contribution is -2.50. The molecule has 1 aliphatic heterocycles. The fourth-order valence-electron chi connectivity index (χ4n) is 3.19. The predicted octanol–water partition coefficient (Wildman–Crippen LogP) is 1.04. The molecule has 0 radical (unpaired) electrons. The Labute approximate surface area is 107 Å². The van der Waals surface area contributed by atoms with Crippen molar-refractivity contribution in [2.75, 3.05) is 19.8 Å². The molecular weight excluding hydrogens is 232 g/mol. The first-order valence-electron chi connectivity index (χ1n) is 6.74. The molecule has 1 aromatic heterocycles. The van der Waals surface area contributed by atoms with E-state index in [0.29, 0.717) is 12.0 Å². The van der Waals surface area contributed by atoms with Gasteiger partial charge < -0.3 is 14.4 Å². The summed E-state index contributed by atoms with van der Waals surface area (Å²) in [5, 5.41) is 13.8. The molecule has 0 bridgehead atoms. The van der Waals surface area contributed by atoms with Crippen LogP contribution in [0.25, 0.3) is 0 Å². The van der Waals surface area contributed by atoms with E-state index in [1.54, 1.807) is 6.20 Å². The molecule has 1 aromatic rings. The van der Waals surface area contributed by atoms with Crippen LogP contribution in [-0.4, -0.2) is 47.1 Å². The van der Waals surface area contributed by atoms with Crippen molar-refractivity contribution >= 4 is 0 Å². The second-order valence-electron chi connectivity index (χ2n) is 5.25. The molecule has 3 atom stereocenters. The zero-order valence-corrected chi connectivity index (χ0v) is 10.5. The third-order valence-electron chi connectivity index (χ3n) is 4.16. The van der Waals surface area contributed by atoms with Crippen LogP contribution in [0, 0.1) is 5.92 Å². The van der Waals surface area contributed by atoms with Crippen molar-refractivity contribution in [2.24, 2.45) is 5.92 Å². The van der Waals surface area contributed by atoms with E-state index in [9.17, 15) is 5.11 Å². The Hall–Kier alpha value is -0.910. The summed E-state index contributed by atoms with van der Waals surface area (Å²) in [6, 6.07) is 2.21. The highest BCUT2D eigenvalue weighted by Crippen LogP contribution is 2.32. The molecule has 2 fully saturated rings. The average Bonchev–Trinajstić information content (AvgIpc) is 3.02. The second-order valence-corrected chi connectivity index (χ2v) is 5.25. The first-order chi connectivity index (χ1) is 8.84. The Morgan fingerprint density at radius 1 is 1.44 bits per heavy atom. The van der Waals surface area contributed by atoms with Crippen LogP contribution in [0.15, 0.2) is 16.8 Å². The molecule has 2 aliphatic rings. The van der Waals surface area contributed by atoms with Crippen LogP contribution in [0.5, 0.6) is 0 Å². The van der Waals surface area contributed by atoms with Crippen molar-refractivity contribution in [3.63, 3.8) is 0 Å². The first-order valence-corrected chi connectivity index (χ1v) is 6.74. The van der Waals surface area contributed by atoms with E-state index in [1.807, 2.05) is 6.07 Å². The Morgan fingerprint density at radius 2 is 2.39 bits per heavy atom. The maximum atomic E-state index is 10.1. The van der Waals surface area contributed by atoms with E-state index < -0.39 is 0 Å². The number of aromatic nitrogens is 1. The molecule has 1 N–H and O–H groups in total. The van der Waals surface area contributed by atoms with E-state index in [0.717, 1.165) is 51.3 Å². The van der Waals surface area contributed by atoms with E-state index in [-0.39, 0.29) is 6.10 Å². The van der Waals surface area contributed by atoms with Gasteiger partial charge in [-0.2, -0.15) is 0 Å². The second kappa shape index (κ2) is 5.38. The van der Waals surface area contributed by atoms with Crippen LogP contribution in [-0.2, 0) is 11.3 Å². The van der Waals surface area contributed by atoms with Gasteiger partial charge in [-0.1, -0.05) is 11.6 Å². The van der Waals surface area contributed by atoms with Gasteiger partial charge in [0.15, 0.2) is 5.76 Å². The lowest BCUT2D eigenvalue weighted by molar-refractivity contribution is -0.0561. The molecule has 2 heterocycles. The maximum Gasteiger partial charge on any atom is 0.150 e. The zero-order chi connectivity index (χ0) is 12.4. The Kier molecular flexibility index (Phi) is 3.63. The third-order valence-corrected chi connectivity index (χ3v) is 4.16. The van der Waals surface area contributed by atoms with Gasteiger partial charge in [-0.25, -0.2) is 0 Å². The molecule has 1 saturated heterocycles. The minimum Gasteiger partial charge on any atom is -0.393 e. The van der Waals surface area contributed by atoms with Crippen molar-refractivity contribution in [3.05, 3.63) is 18.0 Å². The van der Waals surface area contributed by atoms with E-state index >= 15 is 0 Å². The summed E-state index contributed by atoms with van der Waals surface area (Å²) in [5.41, 5.74) is 0. The topological polar surface area (TPSA) is 58.7 Å². The molecule has 0 amide bonds. The fourth-order valence-corrected chi connectivity index (χ4v) is 3.19. The smallest absolute Gasteiger partial charge is 0.150 e. The van der Waals surface area contributed by atoms with Crippen LogP contribution < -0.4 is 0 Å². The molecule has 100 valence electrons. The average molecular weight is 252 g/mol. The van der Waals surface area contributed by atoms with E-state index in [1.165, 1.54) is 0 Å². The summed E-state index contributed by atoms with van der Waals surface area (Å²) in [6.45, 7) is 3.13. The molecule has 0 spiro atoms. The lowest BCUT2D eigenvalue weighted by Gasteiger charge is -2.39. The molecular formula is C13H20N2O3. The monoisotopic (exact) mass is 252 g/mol. The molecule has 1 aliphatic carbocycles. The molecule has 5 nitrogen and oxygen atoms in total. The quantitative estimate of drug-likeness (QED) is 0.871. The van der Waals surface area contributed by atoms with Crippen LogP contribution in [0.3, 0.4) is 0 Å². The third kappa shape index (κ3) is 2.43. The molecule has 18 heavy (non-hydrogen) atoms. The van der Waals surface area contributed by atoms with Gasteiger partial charge in [0.1, 0.15) is 0 Å². The van der Waals surface area contributed by atoms with Crippen molar-refractivity contribution in [1.29, 1.82) is 0 Å².